The standard InChI is InChI=1S/C24H29N5O3/c30-20(13-24(32)28-10-8-27(9-11-28)22-5-1-2-7-25-22)17-26-14-18-12-19(16-26)21-4-3-6-23(31)29(21)15-18/h1-7,18-19H,8-17H2. The molecule has 1 amide bonds. The first-order valence-corrected chi connectivity index (χ1v) is 11.4. The van der Waals surface area contributed by atoms with Gasteiger partial charge in [-0.3, -0.25) is 19.3 Å². The zero-order valence-electron chi connectivity index (χ0n) is 18.2. The first-order valence-electron chi connectivity index (χ1n) is 11.4. The topological polar surface area (TPSA) is 78.8 Å². The highest BCUT2D eigenvalue weighted by atomic mass is 16.2. The van der Waals surface area contributed by atoms with Crippen LogP contribution in [0.5, 0.6) is 0 Å². The van der Waals surface area contributed by atoms with Crippen molar-refractivity contribution in [2.45, 2.75) is 25.3 Å². The number of amides is 1. The fourth-order valence-corrected chi connectivity index (χ4v) is 5.44. The highest BCUT2D eigenvalue weighted by molar-refractivity contribution is 5.99. The maximum absolute atomic E-state index is 12.7. The Kier molecular flexibility index (Phi) is 5.78. The molecule has 2 fully saturated rings. The number of rotatable bonds is 5. The normalized spacial score (nSPS) is 23.0. The SMILES string of the molecule is O=C(CC(=O)N1CCN(c2ccccn2)CC1)CN1CC2CC(C1)c1cccc(=O)n1C2. The van der Waals surface area contributed by atoms with Crippen molar-refractivity contribution in [1.82, 2.24) is 19.4 Å². The predicted octanol–water partition coefficient (Wildman–Crippen LogP) is 0.970. The number of anilines is 1. The van der Waals surface area contributed by atoms with Crippen molar-refractivity contribution in [2.75, 3.05) is 50.7 Å². The van der Waals surface area contributed by atoms with Gasteiger partial charge in [0.2, 0.25) is 5.91 Å². The second-order valence-corrected chi connectivity index (χ2v) is 9.16. The van der Waals surface area contributed by atoms with Gasteiger partial charge in [0.05, 0.1) is 13.0 Å². The van der Waals surface area contributed by atoms with Gasteiger partial charge in [0.25, 0.3) is 5.56 Å². The van der Waals surface area contributed by atoms with Gasteiger partial charge in [-0.2, -0.15) is 0 Å². The Morgan fingerprint density at radius 3 is 2.59 bits per heavy atom. The van der Waals surface area contributed by atoms with Gasteiger partial charge in [0, 0.05) is 69.7 Å². The van der Waals surface area contributed by atoms with Crippen molar-refractivity contribution in [3.05, 3.63) is 58.6 Å². The summed E-state index contributed by atoms with van der Waals surface area (Å²) in [5.41, 5.74) is 1.14. The summed E-state index contributed by atoms with van der Waals surface area (Å²) < 4.78 is 1.89. The summed E-state index contributed by atoms with van der Waals surface area (Å²) in [5, 5.41) is 0. The van der Waals surface area contributed by atoms with Gasteiger partial charge in [-0.25, -0.2) is 4.98 Å². The number of aromatic nitrogens is 2. The van der Waals surface area contributed by atoms with Gasteiger partial charge in [-0.1, -0.05) is 12.1 Å². The fourth-order valence-electron chi connectivity index (χ4n) is 5.44. The van der Waals surface area contributed by atoms with Gasteiger partial charge in [0.15, 0.2) is 5.78 Å². The Balaban J connectivity index is 1.12. The molecule has 0 saturated carbocycles. The van der Waals surface area contributed by atoms with E-state index >= 15 is 0 Å². The van der Waals surface area contributed by atoms with Gasteiger partial charge >= 0.3 is 0 Å². The van der Waals surface area contributed by atoms with Crippen molar-refractivity contribution in [3.8, 4) is 0 Å². The molecule has 8 heteroatoms. The molecule has 2 aromatic rings. The van der Waals surface area contributed by atoms with Crippen molar-refractivity contribution in [3.63, 3.8) is 0 Å². The zero-order chi connectivity index (χ0) is 22.1. The van der Waals surface area contributed by atoms with E-state index in [1.54, 1.807) is 17.2 Å². The van der Waals surface area contributed by atoms with E-state index in [4.69, 9.17) is 0 Å². The summed E-state index contributed by atoms with van der Waals surface area (Å²) in [6, 6.07) is 11.3. The molecule has 5 heterocycles. The molecule has 0 N–H and O–H groups in total. The maximum Gasteiger partial charge on any atom is 0.250 e. The second kappa shape index (κ2) is 8.86. The molecule has 2 bridgehead atoms. The average Bonchev–Trinajstić information content (AvgIpc) is 2.80. The Bertz CT molecular complexity index is 1050. The van der Waals surface area contributed by atoms with E-state index in [1.165, 1.54) is 0 Å². The Labute approximate surface area is 187 Å². The number of fused-ring (bicyclic) bond motifs is 4. The Morgan fingerprint density at radius 2 is 1.81 bits per heavy atom. The van der Waals surface area contributed by atoms with E-state index in [2.05, 4.69) is 14.8 Å². The molecule has 8 nitrogen and oxygen atoms in total. The van der Waals surface area contributed by atoms with Crippen LogP contribution >= 0.6 is 0 Å². The highest BCUT2D eigenvalue weighted by Crippen LogP contribution is 2.34. The predicted molar refractivity (Wildman–Crippen MR) is 121 cm³/mol. The van der Waals surface area contributed by atoms with Gasteiger partial charge in [-0.15, -0.1) is 0 Å². The third-order valence-corrected chi connectivity index (χ3v) is 6.91. The van der Waals surface area contributed by atoms with Crippen molar-refractivity contribution in [1.29, 1.82) is 0 Å². The van der Waals surface area contributed by atoms with Crippen LogP contribution in [0.3, 0.4) is 0 Å². The number of hydrogen-bond donors (Lipinski definition) is 0. The van der Waals surface area contributed by atoms with E-state index in [0.717, 1.165) is 50.7 Å². The number of hydrogen-bond acceptors (Lipinski definition) is 6. The second-order valence-electron chi connectivity index (χ2n) is 9.16. The number of carbonyl (C=O) groups excluding carboxylic acids is 2. The quantitative estimate of drug-likeness (QED) is 0.652. The van der Waals surface area contributed by atoms with E-state index < -0.39 is 0 Å². The highest BCUT2D eigenvalue weighted by Gasteiger charge is 2.35. The number of Topliss-reactive ketones (excluding diaryl/α,β-unsaturated/α-hetero) is 1. The van der Waals surface area contributed by atoms with Crippen LogP contribution in [0.25, 0.3) is 0 Å². The molecule has 0 aliphatic carbocycles. The minimum absolute atomic E-state index is 0.0208. The van der Waals surface area contributed by atoms with Crippen molar-refractivity contribution < 1.29 is 9.59 Å². The molecular formula is C24H29N5O3. The van der Waals surface area contributed by atoms with Gasteiger partial charge in [0.1, 0.15) is 5.82 Å². The van der Waals surface area contributed by atoms with E-state index in [0.29, 0.717) is 25.6 Å². The maximum atomic E-state index is 12.7. The summed E-state index contributed by atoms with van der Waals surface area (Å²) >= 11 is 0. The van der Waals surface area contributed by atoms with E-state index in [1.807, 2.05) is 34.9 Å². The summed E-state index contributed by atoms with van der Waals surface area (Å²) in [6.07, 6.45) is 2.80. The molecule has 32 heavy (non-hydrogen) atoms. The molecule has 2 unspecified atom stereocenters. The molecule has 5 rings (SSSR count). The van der Waals surface area contributed by atoms with Crippen LogP contribution in [0.1, 0.15) is 24.5 Å². The third kappa shape index (κ3) is 4.32. The molecule has 0 radical (unpaired) electrons. The summed E-state index contributed by atoms with van der Waals surface area (Å²) in [7, 11) is 0. The van der Waals surface area contributed by atoms with Gasteiger partial charge < -0.3 is 14.4 Å². The molecule has 3 aliphatic heterocycles. The van der Waals surface area contributed by atoms with Crippen molar-refractivity contribution >= 4 is 17.5 Å². The first kappa shape index (κ1) is 20.9. The first-order chi connectivity index (χ1) is 15.6. The Hall–Kier alpha value is -3.00. The van der Waals surface area contributed by atoms with Crippen LogP contribution in [0.4, 0.5) is 5.82 Å². The molecule has 0 aromatic carbocycles. The summed E-state index contributed by atoms with van der Waals surface area (Å²) in [6.45, 7) is 5.28. The number of piperidine rings is 1. The van der Waals surface area contributed by atoms with E-state index in [-0.39, 0.29) is 29.6 Å². The third-order valence-electron chi connectivity index (χ3n) is 6.91. The zero-order valence-corrected chi connectivity index (χ0v) is 18.2. The molecule has 2 saturated heterocycles. The van der Waals surface area contributed by atoms with Crippen LogP contribution in [0.2, 0.25) is 0 Å². The molecule has 2 atom stereocenters. The Morgan fingerprint density at radius 1 is 0.969 bits per heavy atom. The van der Waals surface area contributed by atoms with Crippen LogP contribution in [0.15, 0.2) is 47.4 Å². The number of nitrogens with zero attached hydrogens (tertiary/aromatic N) is 5. The van der Waals surface area contributed by atoms with E-state index in [9.17, 15) is 14.4 Å². The summed E-state index contributed by atoms with van der Waals surface area (Å²) in [4.78, 5) is 48.1. The number of pyridine rings is 2. The molecular weight excluding hydrogens is 406 g/mol. The molecule has 3 aliphatic rings. The molecule has 0 spiro atoms. The lowest BCUT2D eigenvalue weighted by molar-refractivity contribution is -0.136. The van der Waals surface area contributed by atoms with Crippen LogP contribution in [-0.4, -0.2) is 76.9 Å². The molecule has 2 aromatic heterocycles. The van der Waals surface area contributed by atoms with Crippen LogP contribution in [-0.2, 0) is 16.1 Å². The lowest BCUT2D eigenvalue weighted by Crippen LogP contribution is -2.50. The number of piperazine rings is 1. The number of carbonyl (C=O) groups is 2. The summed E-state index contributed by atoms with van der Waals surface area (Å²) in [5.74, 6) is 1.48. The largest absolute Gasteiger partial charge is 0.353 e. The minimum atomic E-state index is -0.0789. The van der Waals surface area contributed by atoms with Crippen molar-refractivity contribution in [2.24, 2.45) is 5.92 Å². The molecule has 168 valence electrons. The average molecular weight is 436 g/mol. The fraction of sp³-hybridized carbons (Fsp3) is 0.500. The monoisotopic (exact) mass is 435 g/mol. The van der Waals surface area contributed by atoms with Crippen LogP contribution < -0.4 is 10.5 Å². The lowest BCUT2D eigenvalue weighted by Gasteiger charge is -2.42. The lowest BCUT2D eigenvalue weighted by atomic mass is 9.83. The van der Waals surface area contributed by atoms with Crippen LogP contribution in [0, 0.1) is 5.92 Å². The smallest absolute Gasteiger partial charge is 0.250 e. The number of ketones is 1. The van der Waals surface area contributed by atoms with Gasteiger partial charge in [-0.05, 0) is 30.5 Å². The minimum Gasteiger partial charge on any atom is -0.353 e. The number of likely N-dealkylation sites (tertiary alicyclic amines) is 1.